The molecule has 1 rings (SSSR count). The smallest absolute Gasteiger partial charge is 0.326 e. The number of carboxylic acids is 1. The van der Waals surface area contributed by atoms with E-state index in [9.17, 15) is 9.59 Å². The monoisotopic (exact) mass is 288 g/mol. The third kappa shape index (κ3) is 4.60. The average Bonchev–Trinajstić information content (AvgIpc) is 2.81. The summed E-state index contributed by atoms with van der Waals surface area (Å²) in [6, 6.07) is -1.03. The number of hydrogen-bond acceptors (Lipinski definition) is 3. The highest BCUT2D eigenvalue weighted by Crippen LogP contribution is 2.28. The van der Waals surface area contributed by atoms with Crippen molar-refractivity contribution in [2.45, 2.75) is 56.9 Å². The van der Waals surface area contributed by atoms with E-state index in [1.54, 1.807) is 11.8 Å². The van der Waals surface area contributed by atoms with E-state index in [-0.39, 0.29) is 18.0 Å². The number of carboxylic acid groups (broad SMARTS) is 1. The quantitative estimate of drug-likeness (QED) is 0.699. The number of aliphatic carboxylic acids is 1. The van der Waals surface area contributed by atoms with Gasteiger partial charge in [0, 0.05) is 11.3 Å². The minimum absolute atomic E-state index is 0.0804. The van der Waals surface area contributed by atoms with Crippen molar-refractivity contribution >= 4 is 23.8 Å². The van der Waals surface area contributed by atoms with Crippen LogP contribution in [0.2, 0.25) is 0 Å². The first-order valence-corrected chi connectivity index (χ1v) is 8.11. The molecule has 1 saturated carbocycles. The van der Waals surface area contributed by atoms with Crippen LogP contribution in [0.1, 0.15) is 39.5 Å². The van der Waals surface area contributed by atoms with Gasteiger partial charge in [0.05, 0.1) is 0 Å². The first kappa shape index (κ1) is 16.1. The highest BCUT2D eigenvalue weighted by atomic mass is 32.2. The van der Waals surface area contributed by atoms with Gasteiger partial charge in [-0.3, -0.25) is 0 Å². The summed E-state index contributed by atoms with van der Waals surface area (Å²) in [5, 5.41) is 15.1. The standard InChI is InChI=1S/C13H24N2O3S/c1-4-8(2)11(12(16)17)15-13(18)14-9-6-5-7-10(9)19-3/h8-11H,4-7H2,1-3H3,(H,16,17)(H2,14,15,18). The fourth-order valence-electron chi connectivity index (χ4n) is 2.41. The van der Waals surface area contributed by atoms with Gasteiger partial charge < -0.3 is 15.7 Å². The van der Waals surface area contributed by atoms with Crippen LogP contribution >= 0.6 is 11.8 Å². The minimum atomic E-state index is -0.975. The molecule has 19 heavy (non-hydrogen) atoms. The van der Waals surface area contributed by atoms with E-state index >= 15 is 0 Å². The Morgan fingerprint density at radius 3 is 2.63 bits per heavy atom. The second-order valence-electron chi connectivity index (χ2n) is 5.13. The fraction of sp³-hybridized carbons (Fsp3) is 0.846. The Labute approximate surface area is 118 Å². The third-order valence-corrected chi connectivity index (χ3v) is 5.01. The molecule has 0 radical (unpaired) electrons. The van der Waals surface area contributed by atoms with Gasteiger partial charge in [0.1, 0.15) is 6.04 Å². The molecule has 3 N–H and O–H groups in total. The Bertz CT molecular complexity index is 325. The molecule has 0 aromatic carbocycles. The Hall–Kier alpha value is -0.910. The molecule has 0 heterocycles. The molecular formula is C13H24N2O3S. The summed E-state index contributed by atoms with van der Waals surface area (Å²) in [5.74, 6) is -1.06. The molecule has 1 aliphatic rings. The average molecular weight is 288 g/mol. The molecule has 1 aliphatic carbocycles. The van der Waals surface area contributed by atoms with Crippen LogP contribution in [0.4, 0.5) is 4.79 Å². The topological polar surface area (TPSA) is 78.4 Å². The zero-order valence-corrected chi connectivity index (χ0v) is 12.6. The van der Waals surface area contributed by atoms with Gasteiger partial charge >= 0.3 is 12.0 Å². The molecule has 0 spiro atoms. The van der Waals surface area contributed by atoms with Crippen LogP contribution in [0, 0.1) is 5.92 Å². The maximum absolute atomic E-state index is 11.9. The first-order valence-electron chi connectivity index (χ1n) is 6.82. The van der Waals surface area contributed by atoms with E-state index in [2.05, 4.69) is 10.6 Å². The largest absolute Gasteiger partial charge is 0.480 e. The zero-order valence-electron chi connectivity index (χ0n) is 11.8. The van der Waals surface area contributed by atoms with Gasteiger partial charge in [-0.15, -0.1) is 0 Å². The first-order chi connectivity index (χ1) is 8.99. The lowest BCUT2D eigenvalue weighted by atomic mass is 9.99. The molecule has 4 unspecified atom stereocenters. The van der Waals surface area contributed by atoms with E-state index in [1.807, 2.05) is 20.1 Å². The van der Waals surface area contributed by atoms with Crippen molar-refractivity contribution in [3.8, 4) is 0 Å². The maximum Gasteiger partial charge on any atom is 0.326 e. The van der Waals surface area contributed by atoms with Crippen molar-refractivity contribution in [1.29, 1.82) is 0 Å². The van der Waals surface area contributed by atoms with Crippen LogP contribution < -0.4 is 10.6 Å². The number of carbonyl (C=O) groups is 2. The number of nitrogens with one attached hydrogen (secondary N) is 2. The van der Waals surface area contributed by atoms with Crippen LogP contribution in [-0.4, -0.2) is 40.7 Å². The van der Waals surface area contributed by atoms with Gasteiger partial charge in [-0.1, -0.05) is 26.7 Å². The third-order valence-electron chi connectivity index (χ3n) is 3.84. The number of hydrogen-bond donors (Lipinski definition) is 3. The van der Waals surface area contributed by atoms with Crippen LogP contribution in [0.5, 0.6) is 0 Å². The summed E-state index contributed by atoms with van der Waals surface area (Å²) in [7, 11) is 0. The predicted molar refractivity (Wildman–Crippen MR) is 77.5 cm³/mol. The van der Waals surface area contributed by atoms with E-state index in [0.717, 1.165) is 19.3 Å². The Kier molecular flexibility index (Phi) is 6.48. The van der Waals surface area contributed by atoms with Crippen molar-refractivity contribution in [2.75, 3.05) is 6.26 Å². The lowest BCUT2D eigenvalue weighted by molar-refractivity contribution is -0.140. The molecule has 0 saturated heterocycles. The highest BCUT2D eigenvalue weighted by Gasteiger charge is 2.30. The molecule has 0 bridgehead atoms. The summed E-state index contributed by atoms with van der Waals surface area (Å²) in [5.41, 5.74) is 0. The highest BCUT2D eigenvalue weighted by molar-refractivity contribution is 7.99. The second-order valence-corrected chi connectivity index (χ2v) is 6.21. The Balaban J connectivity index is 2.51. The predicted octanol–water partition coefficient (Wildman–Crippen LogP) is 2.07. The second kappa shape index (κ2) is 7.62. The summed E-state index contributed by atoms with van der Waals surface area (Å²) in [6.07, 6.45) is 5.96. The van der Waals surface area contributed by atoms with Crippen LogP contribution in [-0.2, 0) is 4.79 Å². The van der Waals surface area contributed by atoms with Crippen molar-refractivity contribution < 1.29 is 14.7 Å². The molecule has 6 heteroatoms. The molecule has 0 aliphatic heterocycles. The lowest BCUT2D eigenvalue weighted by Crippen LogP contribution is -2.52. The van der Waals surface area contributed by atoms with Gasteiger partial charge in [0.15, 0.2) is 0 Å². The van der Waals surface area contributed by atoms with Crippen LogP contribution in [0.25, 0.3) is 0 Å². The summed E-state index contributed by atoms with van der Waals surface area (Å²) in [6.45, 7) is 3.75. The number of rotatable bonds is 6. The number of urea groups is 1. The summed E-state index contributed by atoms with van der Waals surface area (Å²) < 4.78 is 0. The summed E-state index contributed by atoms with van der Waals surface area (Å²) in [4.78, 5) is 23.0. The van der Waals surface area contributed by atoms with Crippen molar-refractivity contribution in [1.82, 2.24) is 10.6 Å². The molecule has 4 atom stereocenters. The van der Waals surface area contributed by atoms with Gasteiger partial charge in [-0.2, -0.15) is 11.8 Å². The Morgan fingerprint density at radius 1 is 1.42 bits per heavy atom. The van der Waals surface area contributed by atoms with Crippen LogP contribution in [0.15, 0.2) is 0 Å². The van der Waals surface area contributed by atoms with E-state index in [0.29, 0.717) is 11.7 Å². The van der Waals surface area contributed by atoms with Crippen molar-refractivity contribution in [3.05, 3.63) is 0 Å². The van der Waals surface area contributed by atoms with Gasteiger partial charge in [-0.25, -0.2) is 9.59 Å². The SMILES string of the molecule is CCC(C)C(NC(=O)NC1CCCC1SC)C(=O)O. The molecule has 2 amide bonds. The fourth-order valence-corrected chi connectivity index (χ4v) is 3.34. The zero-order chi connectivity index (χ0) is 14.4. The van der Waals surface area contributed by atoms with Crippen LogP contribution in [0.3, 0.4) is 0 Å². The van der Waals surface area contributed by atoms with Crippen molar-refractivity contribution in [2.24, 2.45) is 5.92 Å². The van der Waals surface area contributed by atoms with E-state index in [4.69, 9.17) is 5.11 Å². The molecule has 110 valence electrons. The molecule has 5 nitrogen and oxygen atoms in total. The minimum Gasteiger partial charge on any atom is -0.480 e. The number of amides is 2. The normalized spacial score (nSPS) is 25.6. The van der Waals surface area contributed by atoms with E-state index < -0.39 is 12.0 Å². The van der Waals surface area contributed by atoms with Crippen molar-refractivity contribution in [3.63, 3.8) is 0 Å². The number of thioether (sulfide) groups is 1. The molecule has 0 aromatic heterocycles. The number of carbonyl (C=O) groups excluding carboxylic acids is 1. The van der Waals surface area contributed by atoms with E-state index in [1.165, 1.54) is 0 Å². The van der Waals surface area contributed by atoms with Gasteiger partial charge in [0.25, 0.3) is 0 Å². The maximum atomic E-state index is 11.9. The molecule has 0 aromatic rings. The lowest BCUT2D eigenvalue weighted by Gasteiger charge is -2.24. The van der Waals surface area contributed by atoms with Gasteiger partial charge in [0.2, 0.25) is 0 Å². The molecule has 1 fully saturated rings. The summed E-state index contributed by atoms with van der Waals surface area (Å²) >= 11 is 1.76. The Morgan fingerprint density at radius 2 is 2.11 bits per heavy atom. The van der Waals surface area contributed by atoms with Gasteiger partial charge in [-0.05, 0) is 25.0 Å². The molecular weight excluding hydrogens is 264 g/mol.